The number of benzene rings is 1. The van der Waals surface area contributed by atoms with Crippen molar-refractivity contribution >= 4 is 12.0 Å². The number of carbonyl (C=O) groups is 1. The van der Waals surface area contributed by atoms with Crippen LogP contribution in [0.5, 0.6) is 0 Å². The molecule has 0 radical (unpaired) electrons. The van der Waals surface area contributed by atoms with E-state index in [1.165, 1.54) is 6.07 Å². The molecule has 0 amide bonds. The first-order chi connectivity index (χ1) is 11.5. The number of aliphatic carboxylic acids is 1. The van der Waals surface area contributed by atoms with Gasteiger partial charge in [-0.25, -0.2) is 14.8 Å². The third kappa shape index (κ3) is 4.78. The maximum atomic E-state index is 12.9. The molecule has 0 atom stereocenters. The number of nitrogens with zero attached hydrogens (tertiary/aromatic N) is 2. The predicted octanol–water partition coefficient (Wildman–Crippen LogP) is 4.28. The molecule has 0 bridgehead atoms. The molecule has 0 aliphatic heterocycles. The van der Waals surface area contributed by atoms with Crippen LogP contribution in [0.2, 0.25) is 0 Å². The normalized spacial score (nSPS) is 12.6. The molecule has 1 aromatic heterocycles. The first-order valence-corrected chi connectivity index (χ1v) is 6.51. The minimum absolute atomic E-state index is 0.00230. The van der Waals surface area contributed by atoms with E-state index in [9.17, 15) is 31.1 Å². The molecule has 0 unspecified atom stereocenters. The van der Waals surface area contributed by atoms with Gasteiger partial charge in [0.05, 0.1) is 16.8 Å². The summed E-state index contributed by atoms with van der Waals surface area (Å²) in [5.41, 5.74) is -3.47. The van der Waals surface area contributed by atoms with E-state index in [1.807, 2.05) is 0 Å². The number of hydrogen-bond donors (Lipinski definition) is 1. The number of rotatable bonds is 3. The highest BCUT2D eigenvalue weighted by Crippen LogP contribution is 2.38. The summed E-state index contributed by atoms with van der Waals surface area (Å²) in [5, 5.41) is 8.53. The van der Waals surface area contributed by atoms with Gasteiger partial charge < -0.3 is 5.11 Å². The monoisotopic (exact) mass is 362 g/mol. The number of hydrogen-bond acceptors (Lipinski definition) is 3. The van der Waals surface area contributed by atoms with Crippen molar-refractivity contribution in [2.45, 2.75) is 12.4 Å². The maximum Gasteiger partial charge on any atom is 0.416 e. The summed E-state index contributed by atoms with van der Waals surface area (Å²) in [7, 11) is 0. The first kappa shape index (κ1) is 18.4. The van der Waals surface area contributed by atoms with Crippen molar-refractivity contribution < 1.29 is 36.2 Å². The second kappa shape index (κ2) is 6.54. The van der Waals surface area contributed by atoms with Gasteiger partial charge in [0, 0.05) is 17.8 Å². The number of aromatic nitrogens is 2. The van der Waals surface area contributed by atoms with Crippen LogP contribution in [-0.2, 0) is 17.1 Å². The molecule has 0 saturated heterocycles. The van der Waals surface area contributed by atoms with E-state index in [-0.39, 0.29) is 11.8 Å². The van der Waals surface area contributed by atoms with Gasteiger partial charge in [-0.15, -0.1) is 0 Å². The van der Waals surface area contributed by atoms with Gasteiger partial charge >= 0.3 is 18.3 Å². The second-order valence-electron chi connectivity index (χ2n) is 4.77. The van der Waals surface area contributed by atoms with Crippen LogP contribution in [-0.4, -0.2) is 21.0 Å². The largest absolute Gasteiger partial charge is 0.478 e. The molecule has 0 spiro atoms. The van der Waals surface area contributed by atoms with Crippen LogP contribution >= 0.6 is 0 Å². The molecule has 0 saturated carbocycles. The molecule has 2 rings (SSSR count). The summed E-state index contributed by atoms with van der Waals surface area (Å²) in [6.07, 6.45) is -7.13. The zero-order valence-electron chi connectivity index (χ0n) is 12.1. The van der Waals surface area contributed by atoms with Gasteiger partial charge in [-0.05, 0) is 30.3 Å². The van der Waals surface area contributed by atoms with Crippen LogP contribution in [0.1, 0.15) is 16.8 Å². The average Bonchev–Trinajstić information content (AvgIpc) is 2.51. The van der Waals surface area contributed by atoms with Crippen LogP contribution < -0.4 is 0 Å². The Labute approximate surface area is 136 Å². The Morgan fingerprint density at radius 3 is 2.04 bits per heavy atom. The zero-order chi connectivity index (χ0) is 18.8. The van der Waals surface area contributed by atoms with Crippen molar-refractivity contribution in [3.63, 3.8) is 0 Å². The molecule has 1 N–H and O–H groups in total. The molecule has 132 valence electrons. The van der Waals surface area contributed by atoms with Crippen molar-refractivity contribution in [2.75, 3.05) is 0 Å². The average molecular weight is 362 g/mol. The molecule has 1 aromatic carbocycles. The SMILES string of the molecule is O=C(O)/C=C/c1ccnc(-c2cc(C(F)(F)F)cc(C(F)(F)F)c2)n1. The van der Waals surface area contributed by atoms with E-state index in [4.69, 9.17) is 5.11 Å². The lowest BCUT2D eigenvalue weighted by Crippen LogP contribution is -2.11. The van der Waals surface area contributed by atoms with Crippen molar-refractivity contribution in [1.82, 2.24) is 9.97 Å². The third-order valence-electron chi connectivity index (χ3n) is 2.92. The number of alkyl halides is 6. The Balaban J connectivity index is 2.58. The van der Waals surface area contributed by atoms with Crippen LogP contribution in [0.4, 0.5) is 26.3 Å². The second-order valence-corrected chi connectivity index (χ2v) is 4.77. The van der Waals surface area contributed by atoms with Crippen molar-refractivity contribution in [3.05, 3.63) is 53.4 Å². The van der Waals surface area contributed by atoms with Crippen LogP contribution in [0.25, 0.3) is 17.5 Å². The van der Waals surface area contributed by atoms with Gasteiger partial charge in [0.2, 0.25) is 0 Å². The quantitative estimate of drug-likeness (QED) is 0.654. The summed E-state index contributed by atoms with van der Waals surface area (Å²) in [4.78, 5) is 17.9. The summed E-state index contributed by atoms with van der Waals surface area (Å²) < 4.78 is 77.1. The summed E-state index contributed by atoms with van der Waals surface area (Å²) in [6, 6.07) is 2.24. The number of carboxylic acid groups (broad SMARTS) is 1. The van der Waals surface area contributed by atoms with Crippen LogP contribution in [0.15, 0.2) is 36.5 Å². The fourth-order valence-corrected chi connectivity index (χ4v) is 1.85. The molecule has 0 aliphatic carbocycles. The highest BCUT2D eigenvalue weighted by atomic mass is 19.4. The van der Waals surface area contributed by atoms with Gasteiger partial charge in [0.25, 0.3) is 0 Å². The van der Waals surface area contributed by atoms with Gasteiger partial charge in [0.15, 0.2) is 5.82 Å². The summed E-state index contributed by atoms with van der Waals surface area (Å²) >= 11 is 0. The predicted molar refractivity (Wildman–Crippen MR) is 74.1 cm³/mol. The van der Waals surface area contributed by atoms with Crippen molar-refractivity contribution in [2.24, 2.45) is 0 Å². The van der Waals surface area contributed by atoms with E-state index in [0.29, 0.717) is 12.1 Å². The van der Waals surface area contributed by atoms with E-state index in [1.54, 1.807) is 0 Å². The fourth-order valence-electron chi connectivity index (χ4n) is 1.85. The Morgan fingerprint density at radius 1 is 1.00 bits per heavy atom. The van der Waals surface area contributed by atoms with E-state index < -0.39 is 40.8 Å². The highest BCUT2D eigenvalue weighted by Gasteiger charge is 2.37. The lowest BCUT2D eigenvalue weighted by Gasteiger charge is -2.13. The molecule has 10 heteroatoms. The Morgan fingerprint density at radius 2 is 1.56 bits per heavy atom. The zero-order valence-corrected chi connectivity index (χ0v) is 12.1. The molecular formula is C15H8F6N2O2. The standard InChI is InChI=1S/C15H8F6N2O2/c16-14(17,18)9-5-8(6-10(7-9)15(19,20)21)13-22-4-3-11(23-13)1-2-12(24)25/h1-7H,(H,24,25)/b2-1+. The van der Waals surface area contributed by atoms with E-state index in [2.05, 4.69) is 9.97 Å². The topological polar surface area (TPSA) is 63.1 Å². The van der Waals surface area contributed by atoms with Crippen molar-refractivity contribution in [3.8, 4) is 11.4 Å². The Kier molecular flexibility index (Phi) is 4.82. The lowest BCUT2D eigenvalue weighted by molar-refractivity contribution is -0.143. The Bertz CT molecular complexity index is 795. The van der Waals surface area contributed by atoms with Gasteiger partial charge in [-0.1, -0.05) is 0 Å². The van der Waals surface area contributed by atoms with Gasteiger partial charge in [0.1, 0.15) is 0 Å². The molecule has 25 heavy (non-hydrogen) atoms. The number of halogens is 6. The van der Waals surface area contributed by atoms with E-state index >= 15 is 0 Å². The van der Waals surface area contributed by atoms with Gasteiger partial charge in [-0.2, -0.15) is 26.3 Å². The lowest BCUT2D eigenvalue weighted by atomic mass is 10.0. The third-order valence-corrected chi connectivity index (χ3v) is 2.92. The van der Waals surface area contributed by atoms with Crippen LogP contribution in [0, 0.1) is 0 Å². The number of carboxylic acids is 1. The van der Waals surface area contributed by atoms with E-state index in [0.717, 1.165) is 18.3 Å². The first-order valence-electron chi connectivity index (χ1n) is 6.51. The highest BCUT2D eigenvalue weighted by molar-refractivity contribution is 5.84. The minimum atomic E-state index is -4.99. The smallest absolute Gasteiger partial charge is 0.416 e. The van der Waals surface area contributed by atoms with Gasteiger partial charge in [-0.3, -0.25) is 0 Å². The fraction of sp³-hybridized carbons (Fsp3) is 0.133. The summed E-state index contributed by atoms with van der Waals surface area (Å²) in [6.45, 7) is 0. The Hall–Kier alpha value is -2.91. The molecule has 0 aliphatic rings. The molecule has 4 nitrogen and oxygen atoms in total. The van der Waals surface area contributed by atoms with Crippen LogP contribution in [0.3, 0.4) is 0 Å². The maximum absolute atomic E-state index is 12.9. The van der Waals surface area contributed by atoms with Crippen molar-refractivity contribution in [1.29, 1.82) is 0 Å². The molecule has 1 heterocycles. The molecular weight excluding hydrogens is 354 g/mol. The summed E-state index contributed by atoms with van der Waals surface area (Å²) in [5.74, 6) is -1.69. The molecule has 0 fully saturated rings. The minimum Gasteiger partial charge on any atom is -0.478 e. The molecule has 2 aromatic rings.